The fourth-order valence-electron chi connectivity index (χ4n) is 9.75. The molecule has 460 valence electrons. The van der Waals surface area contributed by atoms with Gasteiger partial charge in [0, 0.05) is 17.3 Å². The van der Waals surface area contributed by atoms with E-state index in [-0.39, 0.29) is 29.1 Å². The van der Waals surface area contributed by atoms with E-state index in [0.29, 0.717) is 0 Å². The minimum atomic E-state index is -2.08. The zero-order chi connectivity index (χ0) is 60.4. The van der Waals surface area contributed by atoms with Gasteiger partial charge in [-0.15, -0.1) is 0 Å². The molecule has 0 saturated carbocycles. The highest BCUT2D eigenvalue weighted by Gasteiger charge is 2.53. The number of quaternary nitrogens is 2. The molecule has 0 aliphatic carbocycles. The number of aliphatic hydroxyl groups is 9. The molecule has 2 aromatic rings. The van der Waals surface area contributed by atoms with Crippen LogP contribution in [-0.4, -0.2) is 251 Å². The normalized spacial score (nSPS) is 33.8. The lowest BCUT2D eigenvalue weighted by molar-refractivity contribution is -0.686. The second-order valence-electron chi connectivity index (χ2n) is 18.8. The van der Waals surface area contributed by atoms with Crippen LogP contribution in [0.25, 0.3) is 0 Å². The van der Waals surface area contributed by atoms with Crippen LogP contribution in [0, 0.1) is 17.8 Å². The molecular weight excluding hydrogens is 1080 g/mol. The number of ether oxygens (including phenoxy) is 11. The van der Waals surface area contributed by atoms with Crippen LogP contribution in [0.15, 0.2) is 36.4 Å². The molecule has 20 atom stereocenters. The molecule has 6 rings (SSSR count). The molecule has 4 fully saturated rings. The van der Waals surface area contributed by atoms with Crippen LogP contribution in [0.1, 0.15) is 55.3 Å². The SMILES string of the molecule is CC.CC.C[NH2+]C1[C@H](C)OC(CO)[C@@H](O)[C@H]1CO[C@@H]1OC(C(=O)OCOC(=O)c2cc(N)ccc2O)[C@@H](COC[C@@H]2OC(CO)[C@@H](O)[C@@H](CO[C@@H]3OC(C(=O)OCOC(=O)c4cc(N)ccc4O)[C@@H](O)[C@@H](O)C3O)C2[NH2+]C)[C@@H](O)C1O. The van der Waals surface area contributed by atoms with Crippen LogP contribution in [0.5, 0.6) is 11.5 Å². The molecule has 4 heterocycles. The fourth-order valence-corrected chi connectivity index (χ4v) is 9.75. The number of anilines is 2. The number of hydrogen-bond donors (Lipinski definition) is 15. The largest absolute Gasteiger partial charge is 0.507 e. The number of nitrogen functional groups attached to an aromatic ring is 2. The summed E-state index contributed by atoms with van der Waals surface area (Å²) < 4.78 is 60.9. The third-order valence-corrected chi connectivity index (χ3v) is 14.0. The Hall–Kier alpha value is -5.20. The summed E-state index contributed by atoms with van der Waals surface area (Å²) in [6, 6.07) is 5.92. The molecule has 4 aliphatic rings. The van der Waals surface area contributed by atoms with Gasteiger partial charge in [-0.2, -0.15) is 0 Å². The monoisotopic (exact) mass is 1170 g/mol. The number of phenolic OH excluding ortho intramolecular Hbond substituents is 2. The lowest BCUT2D eigenvalue weighted by Gasteiger charge is -2.45. The number of likely N-dealkylation sites (N-methyl/N-ethyl adjacent to an activating group) is 2. The van der Waals surface area contributed by atoms with E-state index in [1.165, 1.54) is 12.1 Å². The first-order chi connectivity index (χ1) is 38.6. The highest BCUT2D eigenvalue weighted by atomic mass is 16.7. The quantitative estimate of drug-likeness (QED) is 0.0226. The zero-order valence-corrected chi connectivity index (χ0v) is 46.0. The number of aliphatic hydroxyl groups excluding tert-OH is 9. The molecule has 0 amide bonds. The maximum atomic E-state index is 13.8. The number of aromatic hydroxyl groups is 2. The number of esters is 4. The lowest BCUT2D eigenvalue weighted by atomic mass is 9.84. The minimum absolute atomic E-state index is 0.113. The Morgan fingerprint density at radius 1 is 0.519 bits per heavy atom. The molecule has 0 spiro atoms. The highest BCUT2D eigenvalue weighted by Crippen LogP contribution is 2.33. The first kappa shape index (κ1) is 68.3. The van der Waals surface area contributed by atoms with Gasteiger partial charge in [-0.05, 0) is 43.3 Å². The first-order valence-electron chi connectivity index (χ1n) is 26.5. The molecule has 4 aliphatic heterocycles. The average molecular weight is 1170 g/mol. The van der Waals surface area contributed by atoms with Crippen molar-refractivity contribution in [3.05, 3.63) is 47.5 Å². The number of rotatable bonds is 22. The molecular formula is C51H82N4O26+2. The topological polar surface area (TPSA) is 478 Å². The van der Waals surface area contributed by atoms with Crippen molar-refractivity contribution in [3.8, 4) is 11.5 Å². The van der Waals surface area contributed by atoms with Crippen molar-refractivity contribution in [3.63, 3.8) is 0 Å². The van der Waals surface area contributed by atoms with E-state index >= 15 is 0 Å². The number of carbonyl (C=O) groups excluding carboxylic acids is 4. The Bertz CT molecular complexity index is 2290. The van der Waals surface area contributed by atoms with Crippen LogP contribution in [-0.2, 0) is 61.7 Å². The van der Waals surface area contributed by atoms with E-state index < -0.39 is 204 Å². The maximum absolute atomic E-state index is 13.8. The predicted octanol–water partition coefficient (Wildman–Crippen LogP) is -6.13. The molecule has 8 unspecified atom stereocenters. The Balaban J connectivity index is 0.00000345. The van der Waals surface area contributed by atoms with Gasteiger partial charge in [0.15, 0.2) is 24.8 Å². The average Bonchev–Trinajstić information content (AvgIpc) is 3.47. The summed E-state index contributed by atoms with van der Waals surface area (Å²) in [6.07, 6.45) is -23.8. The summed E-state index contributed by atoms with van der Waals surface area (Å²) >= 11 is 0. The van der Waals surface area contributed by atoms with Gasteiger partial charge in [-0.25, -0.2) is 19.2 Å². The fraction of sp³-hybridized carbons (Fsp3) is 0.686. The molecule has 2 aromatic carbocycles. The van der Waals surface area contributed by atoms with E-state index in [1.54, 1.807) is 31.7 Å². The highest BCUT2D eigenvalue weighted by molar-refractivity contribution is 5.94. The summed E-state index contributed by atoms with van der Waals surface area (Å²) in [5.74, 6) is -9.03. The van der Waals surface area contributed by atoms with Gasteiger partial charge in [0.1, 0.15) is 83.5 Å². The molecule has 30 heteroatoms. The van der Waals surface area contributed by atoms with E-state index in [9.17, 15) is 75.3 Å². The summed E-state index contributed by atoms with van der Waals surface area (Å²) in [6.45, 7) is 4.55. The van der Waals surface area contributed by atoms with Crippen LogP contribution >= 0.6 is 0 Å². The van der Waals surface area contributed by atoms with Gasteiger partial charge in [-0.1, -0.05) is 27.7 Å². The van der Waals surface area contributed by atoms with E-state index in [1.807, 2.05) is 27.7 Å². The van der Waals surface area contributed by atoms with Crippen molar-refractivity contribution >= 4 is 35.3 Å². The predicted molar refractivity (Wildman–Crippen MR) is 273 cm³/mol. The summed E-state index contributed by atoms with van der Waals surface area (Å²) in [7, 11) is 3.32. The Morgan fingerprint density at radius 3 is 1.44 bits per heavy atom. The Morgan fingerprint density at radius 2 is 0.963 bits per heavy atom. The van der Waals surface area contributed by atoms with Gasteiger partial charge in [0.05, 0.1) is 83.9 Å². The van der Waals surface area contributed by atoms with Gasteiger partial charge in [0.2, 0.25) is 13.6 Å². The summed E-state index contributed by atoms with van der Waals surface area (Å²) in [5.41, 5.74) is 10.9. The van der Waals surface area contributed by atoms with Crippen LogP contribution in [0.3, 0.4) is 0 Å². The van der Waals surface area contributed by atoms with E-state index in [2.05, 4.69) is 0 Å². The molecule has 81 heavy (non-hydrogen) atoms. The number of phenols is 2. The number of nitrogens with two attached hydrogens (primary N) is 4. The van der Waals surface area contributed by atoms with E-state index in [0.717, 1.165) is 24.3 Å². The van der Waals surface area contributed by atoms with Gasteiger partial charge in [-0.3, -0.25) is 0 Å². The van der Waals surface area contributed by atoms with Crippen molar-refractivity contribution in [2.45, 2.75) is 139 Å². The van der Waals surface area contributed by atoms with Crippen LogP contribution < -0.4 is 22.1 Å². The van der Waals surface area contributed by atoms with Crippen LogP contribution in [0.4, 0.5) is 11.4 Å². The minimum Gasteiger partial charge on any atom is -0.507 e. The van der Waals surface area contributed by atoms with Crippen molar-refractivity contribution in [1.29, 1.82) is 0 Å². The summed E-state index contributed by atoms with van der Waals surface area (Å²) in [4.78, 5) is 52.0. The third kappa shape index (κ3) is 17.0. The van der Waals surface area contributed by atoms with Crippen molar-refractivity contribution in [2.24, 2.45) is 17.8 Å². The van der Waals surface area contributed by atoms with E-state index in [4.69, 9.17) is 63.6 Å². The van der Waals surface area contributed by atoms with Gasteiger partial charge < -0.3 is 130 Å². The van der Waals surface area contributed by atoms with Crippen molar-refractivity contribution in [2.75, 3.05) is 78.8 Å². The molecule has 4 saturated heterocycles. The second-order valence-corrected chi connectivity index (χ2v) is 18.8. The first-order valence-corrected chi connectivity index (χ1v) is 26.5. The molecule has 0 radical (unpaired) electrons. The zero-order valence-electron chi connectivity index (χ0n) is 46.0. The van der Waals surface area contributed by atoms with Crippen LogP contribution in [0.2, 0.25) is 0 Å². The maximum Gasteiger partial charge on any atom is 0.344 e. The number of carbonyl (C=O) groups is 4. The van der Waals surface area contributed by atoms with Crippen molar-refractivity contribution in [1.82, 2.24) is 0 Å². The molecule has 0 bridgehead atoms. The third-order valence-electron chi connectivity index (χ3n) is 14.0. The number of hydrogen-bond acceptors (Lipinski definition) is 28. The summed E-state index contributed by atoms with van der Waals surface area (Å²) in [5, 5.41) is 121. The Labute approximate surface area is 466 Å². The molecule has 30 nitrogen and oxygen atoms in total. The second kappa shape index (κ2) is 32.6. The van der Waals surface area contributed by atoms with Gasteiger partial charge >= 0.3 is 23.9 Å². The number of benzene rings is 2. The Kier molecular flexibility index (Phi) is 27.5. The lowest BCUT2D eigenvalue weighted by Crippen LogP contribution is -2.93. The van der Waals surface area contributed by atoms with Gasteiger partial charge in [0.25, 0.3) is 0 Å². The smallest absolute Gasteiger partial charge is 0.344 e. The molecule has 19 N–H and O–H groups in total. The molecule has 0 aromatic heterocycles. The standard InChI is InChI=1S/C47H68N4O26.2C2H6/c1-18-31(50-2)23(33(56)28(10-52)74-18)13-68-46-38(61)35(58)25(40(76-46)44(65)72-16-70-42(63)21-8-19(48)4-6-26(21)54)12-67-15-30-32(51-3)24(34(57)29(11-53)75-30)14-69-47-39(62)36(59)37(60)41(77-47)45(66)73-17-71-43(64)22-9-20(49)5-7-27(22)55;2*1-2/h4-9,18,23-25,28-41,46-47,50-62H,10-17,48-49H2,1-3H3;2*1-2H3/p+2/t18-,23-,24-,25-,28?,29?,30-,31?,32?,33-,34-,35+,36+,37-,38?,39?,40?,41?,46+,47+;;/m0../s1. The van der Waals surface area contributed by atoms with Crippen molar-refractivity contribution < 1.29 is 138 Å².